The Morgan fingerprint density at radius 2 is 1.97 bits per heavy atom. The van der Waals surface area contributed by atoms with E-state index < -0.39 is 10.9 Å². The number of nitrogens with two attached hydrogens (primary N) is 1. The van der Waals surface area contributed by atoms with Gasteiger partial charge in [0.15, 0.2) is 4.99 Å². The quantitative estimate of drug-likeness (QED) is 0.560. The van der Waals surface area contributed by atoms with Gasteiger partial charge in [0.05, 0.1) is 4.91 Å². The number of anilines is 1. The summed E-state index contributed by atoms with van der Waals surface area (Å²) in [6.07, 6.45) is 5.20. The van der Waals surface area contributed by atoms with Gasteiger partial charge in [-0.1, -0.05) is 53.7 Å². The van der Waals surface area contributed by atoms with Crippen molar-refractivity contribution in [1.82, 2.24) is 10.3 Å². The molecule has 4 N–H and O–H groups in total. The van der Waals surface area contributed by atoms with Crippen molar-refractivity contribution in [3.8, 4) is 11.1 Å². The highest BCUT2D eigenvalue weighted by Crippen LogP contribution is 2.47. The molecule has 5 nitrogen and oxygen atoms in total. The number of rotatable bonds is 5. The van der Waals surface area contributed by atoms with E-state index in [1.54, 1.807) is 12.4 Å². The molecule has 0 fully saturated rings. The highest BCUT2D eigenvalue weighted by atomic mass is 35.5. The van der Waals surface area contributed by atoms with Crippen molar-refractivity contribution in [3.63, 3.8) is 0 Å². The maximum Gasteiger partial charge on any atom is 0.256 e. The van der Waals surface area contributed by atoms with Crippen LogP contribution in [-0.2, 0) is 9.79 Å². The lowest BCUT2D eigenvalue weighted by molar-refractivity contribution is -0.113. The smallest absolute Gasteiger partial charge is 0.256 e. The van der Waals surface area contributed by atoms with Crippen molar-refractivity contribution in [2.24, 2.45) is 5.73 Å². The first-order valence-electron chi connectivity index (χ1n) is 8.99. The Labute approximate surface area is 178 Å². The number of pyridine rings is 1. The fourth-order valence-corrected chi connectivity index (χ4v) is 4.98. The van der Waals surface area contributed by atoms with E-state index in [9.17, 15) is 4.79 Å². The van der Waals surface area contributed by atoms with Crippen LogP contribution in [0, 0.1) is 6.92 Å². The van der Waals surface area contributed by atoms with E-state index in [-0.39, 0.29) is 0 Å². The number of halogens is 1. The van der Waals surface area contributed by atoms with E-state index >= 15 is 0 Å². The van der Waals surface area contributed by atoms with Crippen LogP contribution < -0.4 is 16.4 Å². The Bertz CT molecular complexity index is 1080. The molecule has 0 radical (unpaired) electrons. The molecule has 0 saturated carbocycles. The first kappa shape index (κ1) is 19.4. The molecule has 1 atom stereocenters. The molecule has 3 aromatic rings. The first-order valence-corrected chi connectivity index (χ1v) is 10.2. The Morgan fingerprint density at radius 1 is 1.17 bits per heavy atom. The molecule has 1 aromatic heterocycles. The summed E-state index contributed by atoms with van der Waals surface area (Å²) in [6, 6.07) is 17.6. The number of benzene rings is 2. The lowest BCUT2D eigenvalue weighted by Gasteiger charge is -2.34. The van der Waals surface area contributed by atoms with Crippen molar-refractivity contribution in [1.29, 1.82) is 0 Å². The summed E-state index contributed by atoms with van der Waals surface area (Å²) in [4.78, 5) is 15.6. The van der Waals surface area contributed by atoms with E-state index in [1.165, 1.54) is 11.8 Å². The molecule has 1 aliphatic heterocycles. The van der Waals surface area contributed by atoms with Gasteiger partial charge in [0.1, 0.15) is 0 Å². The molecule has 7 heteroatoms. The molecule has 4 rings (SSSR count). The molecule has 0 bridgehead atoms. The van der Waals surface area contributed by atoms with Crippen molar-refractivity contribution in [3.05, 3.63) is 94.2 Å². The standard InChI is InChI=1S/C22H19ClN4OS/c1-14-5-2-9-18(23)20(14)22(26-13-19(29-22)21(24)28)27-17-8-3-6-15(11-17)16-7-4-10-25-12-16/h2-13,26-27H,1H3,(H2,24,28). The monoisotopic (exact) mass is 422 g/mol. The zero-order valence-corrected chi connectivity index (χ0v) is 17.2. The molecule has 29 heavy (non-hydrogen) atoms. The molecule has 0 saturated heterocycles. The summed E-state index contributed by atoms with van der Waals surface area (Å²) in [5.41, 5.74) is 10.3. The Balaban J connectivity index is 1.76. The summed E-state index contributed by atoms with van der Waals surface area (Å²) in [5, 5.41) is 7.43. The zero-order valence-electron chi connectivity index (χ0n) is 15.6. The van der Waals surface area contributed by atoms with E-state index in [0.717, 1.165) is 27.9 Å². The number of carbonyl (C=O) groups excluding carboxylic acids is 1. The topological polar surface area (TPSA) is 80.0 Å². The van der Waals surface area contributed by atoms with Crippen molar-refractivity contribution in [2.75, 3.05) is 5.32 Å². The lowest BCUT2D eigenvalue weighted by atomic mass is 10.0. The second kappa shape index (κ2) is 7.81. The van der Waals surface area contributed by atoms with Crippen LogP contribution in [0.2, 0.25) is 5.02 Å². The Hall–Kier alpha value is -2.96. The molecule has 0 aliphatic carbocycles. The van der Waals surface area contributed by atoms with Crippen molar-refractivity contribution in [2.45, 2.75) is 11.9 Å². The molecular weight excluding hydrogens is 404 g/mol. The minimum Gasteiger partial charge on any atom is -0.365 e. The fraction of sp³-hybridized carbons (Fsp3) is 0.0909. The molecule has 1 unspecified atom stereocenters. The van der Waals surface area contributed by atoms with Gasteiger partial charge < -0.3 is 16.4 Å². The van der Waals surface area contributed by atoms with Crippen LogP contribution in [0.1, 0.15) is 11.1 Å². The Morgan fingerprint density at radius 3 is 2.66 bits per heavy atom. The van der Waals surface area contributed by atoms with Crippen LogP contribution >= 0.6 is 23.4 Å². The van der Waals surface area contributed by atoms with Crippen LogP contribution in [0.4, 0.5) is 5.69 Å². The van der Waals surface area contributed by atoms with Gasteiger partial charge in [0, 0.05) is 40.4 Å². The molecule has 2 aromatic carbocycles. The van der Waals surface area contributed by atoms with Crippen LogP contribution in [0.15, 0.2) is 78.1 Å². The van der Waals surface area contributed by atoms with E-state index in [4.69, 9.17) is 17.3 Å². The fourth-order valence-electron chi connectivity index (χ4n) is 3.35. The predicted octanol–water partition coefficient (Wildman–Crippen LogP) is 4.60. The average Bonchev–Trinajstić information content (AvgIpc) is 3.14. The summed E-state index contributed by atoms with van der Waals surface area (Å²) in [5.74, 6) is -0.486. The summed E-state index contributed by atoms with van der Waals surface area (Å²) < 4.78 is 0. The average molecular weight is 423 g/mol. The summed E-state index contributed by atoms with van der Waals surface area (Å²) in [6.45, 7) is 1.99. The normalized spacial score (nSPS) is 18.1. The van der Waals surface area contributed by atoms with Crippen LogP contribution in [0.25, 0.3) is 11.1 Å². The van der Waals surface area contributed by atoms with Gasteiger partial charge in [0.2, 0.25) is 0 Å². The highest BCUT2D eigenvalue weighted by Gasteiger charge is 2.41. The zero-order chi connectivity index (χ0) is 20.4. The van der Waals surface area contributed by atoms with Crippen LogP contribution in [0.5, 0.6) is 0 Å². The molecule has 0 spiro atoms. The second-order valence-electron chi connectivity index (χ2n) is 6.68. The first-order chi connectivity index (χ1) is 14.0. The third kappa shape index (κ3) is 3.81. The van der Waals surface area contributed by atoms with Crippen molar-refractivity contribution >= 4 is 35.0 Å². The number of aryl methyl sites for hydroxylation is 1. The summed E-state index contributed by atoms with van der Waals surface area (Å²) >= 11 is 7.89. The SMILES string of the molecule is Cc1cccc(Cl)c1C1(Nc2cccc(-c3cccnc3)c2)NC=C(C(N)=O)S1. The maximum absolute atomic E-state index is 11.8. The Kier molecular flexibility index (Phi) is 5.22. The maximum atomic E-state index is 11.8. The third-order valence-corrected chi connectivity index (χ3v) is 6.25. The minimum absolute atomic E-state index is 0.431. The number of thioether (sulfide) groups is 1. The number of aromatic nitrogens is 1. The van der Waals surface area contributed by atoms with Gasteiger partial charge in [-0.05, 0) is 42.3 Å². The lowest BCUT2D eigenvalue weighted by Crippen LogP contribution is -2.42. The largest absolute Gasteiger partial charge is 0.365 e. The highest BCUT2D eigenvalue weighted by molar-refractivity contribution is 8.05. The third-order valence-electron chi connectivity index (χ3n) is 4.66. The molecule has 1 amide bonds. The van der Waals surface area contributed by atoms with Crippen molar-refractivity contribution < 1.29 is 4.79 Å². The number of primary amides is 1. The van der Waals surface area contributed by atoms with Gasteiger partial charge >= 0.3 is 0 Å². The molecule has 146 valence electrons. The van der Waals surface area contributed by atoms with Gasteiger partial charge in [-0.25, -0.2) is 0 Å². The minimum atomic E-state index is -0.861. The van der Waals surface area contributed by atoms with Gasteiger partial charge in [0.25, 0.3) is 5.91 Å². The van der Waals surface area contributed by atoms with Gasteiger partial charge in [-0.3, -0.25) is 9.78 Å². The number of nitrogens with one attached hydrogen (secondary N) is 2. The number of hydrogen-bond acceptors (Lipinski definition) is 5. The van der Waals surface area contributed by atoms with Gasteiger partial charge in [-0.15, -0.1) is 0 Å². The van der Waals surface area contributed by atoms with E-state index in [1.807, 2.05) is 67.7 Å². The number of nitrogens with zero attached hydrogens (tertiary/aromatic N) is 1. The summed E-state index contributed by atoms with van der Waals surface area (Å²) in [7, 11) is 0. The van der Waals surface area contributed by atoms with E-state index in [0.29, 0.717) is 9.93 Å². The predicted molar refractivity (Wildman–Crippen MR) is 119 cm³/mol. The molecule has 2 heterocycles. The number of hydrogen-bond donors (Lipinski definition) is 3. The van der Waals surface area contributed by atoms with Crippen LogP contribution in [0.3, 0.4) is 0 Å². The molecule has 1 aliphatic rings. The second-order valence-corrected chi connectivity index (χ2v) is 8.34. The van der Waals surface area contributed by atoms with Crippen LogP contribution in [-0.4, -0.2) is 10.9 Å². The van der Waals surface area contributed by atoms with Gasteiger partial charge in [-0.2, -0.15) is 0 Å². The molecular formula is C22H19ClN4OS. The number of amides is 1. The number of carbonyl (C=O) groups is 1. The van der Waals surface area contributed by atoms with E-state index in [2.05, 4.69) is 15.6 Å².